The van der Waals surface area contributed by atoms with E-state index in [0.717, 1.165) is 25.6 Å². The second-order valence-corrected chi connectivity index (χ2v) is 5.07. The fourth-order valence-electron chi connectivity index (χ4n) is 1.79. The number of rotatable bonds is 6. The Morgan fingerprint density at radius 2 is 2.40 bits per heavy atom. The maximum absolute atomic E-state index is 8.52. The fraction of sp³-hybridized carbons (Fsp3) is 0.583. The van der Waals surface area contributed by atoms with E-state index in [1.165, 1.54) is 17.7 Å². The molecule has 1 saturated carbocycles. The van der Waals surface area contributed by atoms with Gasteiger partial charge < -0.3 is 0 Å². The Labute approximate surface area is 95.1 Å². The molecule has 0 atom stereocenters. The molecule has 1 aromatic rings. The first-order valence-electron chi connectivity index (χ1n) is 5.53. The molecule has 1 fully saturated rings. The number of thiophene rings is 1. The summed E-state index contributed by atoms with van der Waals surface area (Å²) in [5, 5.41) is 10.7. The van der Waals surface area contributed by atoms with E-state index in [4.69, 9.17) is 5.26 Å². The SMILES string of the molecule is N#CCCCN(Cc1cccs1)C1CC1. The van der Waals surface area contributed by atoms with Gasteiger partial charge in [0, 0.05) is 23.9 Å². The van der Waals surface area contributed by atoms with E-state index in [-0.39, 0.29) is 0 Å². The van der Waals surface area contributed by atoms with Crippen LogP contribution in [0.1, 0.15) is 30.6 Å². The lowest BCUT2D eigenvalue weighted by atomic mass is 10.3. The van der Waals surface area contributed by atoms with Gasteiger partial charge in [0.1, 0.15) is 0 Å². The van der Waals surface area contributed by atoms with E-state index < -0.39 is 0 Å². The quantitative estimate of drug-likeness (QED) is 0.689. The van der Waals surface area contributed by atoms with Crippen molar-refractivity contribution < 1.29 is 0 Å². The molecule has 1 aliphatic rings. The molecule has 2 rings (SSSR count). The predicted octanol–water partition coefficient (Wildman–Crippen LogP) is 3.02. The van der Waals surface area contributed by atoms with Crippen molar-refractivity contribution >= 4 is 11.3 Å². The van der Waals surface area contributed by atoms with Crippen LogP contribution in [-0.2, 0) is 6.54 Å². The zero-order chi connectivity index (χ0) is 10.5. The van der Waals surface area contributed by atoms with Crippen LogP contribution in [0.15, 0.2) is 17.5 Å². The lowest BCUT2D eigenvalue weighted by Crippen LogP contribution is -2.26. The molecule has 0 saturated heterocycles. The van der Waals surface area contributed by atoms with E-state index in [1.54, 1.807) is 0 Å². The molecule has 0 radical (unpaired) electrons. The second kappa shape index (κ2) is 5.29. The smallest absolute Gasteiger partial charge is 0.0622 e. The van der Waals surface area contributed by atoms with E-state index in [9.17, 15) is 0 Å². The number of hydrogen-bond donors (Lipinski definition) is 0. The lowest BCUT2D eigenvalue weighted by molar-refractivity contribution is 0.255. The molecule has 0 aromatic carbocycles. The molecule has 1 aromatic heterocycles. The molecule has 0 amide bonds. The molecule has 1 aliphatic carbocycles. The van der Waals surface area contributed by atoms with Gasteiger partial charge in [-0.05, 0) is 37.3 Å². The third kappa shape index (κ3) is 3.33. The highest BCUT2D eigenvalue weighted by atomic mass is 32.1. The third-order valence-corrected chi connectivity index (χ3v) is 3.60. The van der Waals surface area contributed by atoms with Gasteiger partial charge >= 0.3 is 0 Å². The Bertz CT molecular complexity index is 322. The van der Waals surface area contributed by atoms with Crippen molar-refractivity contribution in [2.45, 2.75) is 38.3 Å². The highest BCUT2D eigenvalue weighted by Gasteiger charge is 2.28. The van der Waals surface area contributed by atoms with Crippen molar-refractivity contribution in [3.63, 3.8) is 0 Å². The van der Waals surface area contributed by atoms with Gasteiger partial charge in [-0.25, -0.2) is 0 Å². The number of nitriles is 1. The van der Waals surface area contributed by atoms with Crippen molar-refractivity contribution in [1.29, 1.82) is 5.26 Å². The van der Waals surface area contributed by atoms with Crippen LogP contribution in [0.5, 0.6) is 0 Å². The van der Waals surface area contributed by atoms with E-state index in [2.05, 4.69) is 28.5 Å². The number of unbranched alkanes of at least 4 members (excludes halogenated alkanes) is 1. The van der Waals surface area contributed by atoms with Crippen LogP contribution in [0, 0.1) is 11.3 Å². The predicted molar refractivity (Wildman–Crippen MR) is 62.6 cm³/mol. The molecule has 80 valence electrons. The molecule has 0 bridgehead atoms. The van der Waals surface area contributed by atoms with Crippen molar-refractivity contribution in [3.8, 4) is 6.07 Å². The highest BCUT2D eigenvalue weighted by Crippen LogP contribution is 2.29. The first-order valence-corrected chi connectivity index (χ1v) is 6.41. The average molecular weight is 220 g/mol. The van der Waals surface area contributed by atoms with Crippen LogP contribution in [0.2, 0.25) is 0 Å². The summed E-state index contributed by atoms with van der Waals surface area (Å²) in [6.07, 6.45) is 4.39. The summed E-state index contributed by atoms with van der Waals surface area (Å²) in [6, 6.07) is 7.32. The van der Waals surface area contributed by atoms with Crippen molar-refractivity contribution in [2.75, 3.05) is 6.54 Å². The number of hydrogen-bond acceptors (Lipinski definition) is 3. The summed E-state index contributed by atoms with van der Waals surface area (Å²) in [6.45, 7) is 2.16. The monoisotopic (exact) mass is 220 g/mol. The largest absolute Gasteiger partial charge is 0.295 e. The molecule has 3 heteroatoms. The lowest BCUT2D eigenvalue weighted by Gasteiger charge is -2.20. The van der Waals surface area contributed by atoms with Crippen LogP contribution >= 0.6 is 11.3 Å². The third-order valence-electron chi connectivity index (χ3n) is 2.74. The topological polar surface area (TPSA) is 27.0 Å². The normalized spacial score (nSPS) is 15.5. The molecule has 0 spiro atoms. The molecule has 2 nitrogen and oxygen atoms in total. The van der Waals surface area contributed by atoms with Crippen LogP contribution in [0.4, 0.5) is 0 Å². The van der Waals surface area contributed by atoms with E-state index in [1.807, 2.05) is 11.3 Å². The maximum atomic E-state index is 8.52. The number of nitrogens with zero attached hydrogens (tertiary/aromatic N) is 2. The van der Waals surface area contributed by atoms with Gasteiger partial charge in [-0.3, -0.25) is 4.90 Å². The molecule has 0 N–H and O–H groups in total. The fourth-order valence-corrected chi connectivity index (χ4v) is 2.52. The van der Waals surface area contributed by atoms with Crippen LogP contribution in [-0.4, -0.2) is 17.5 Å². The molecular weight excluding hydrogens is 204 g/mol. The van der Waals surface area contributed by atoms with Gasteiger partial charge in [0.05, 0.1) is 6.07 Å². The molecule has 15 heavy (non-hydrogen) atoms. The summed E-state index contributed by atoms with van der Waals surface area (Å²) < 4.78 is 0. The Hall–Kier alpha value is -0.850. The van der Waals surface area contributed by atoms with Gasteiger partial charge in [0.25, 0.3) is 0 Å². The summed E-state index contributed by atoms with van der Waals surface area (Å²) in [5.74, 6) is 0. The van der Waals surface area contributed by atoms with Gasteiger partial charge in [-0.1, -0.05) is 6.07 Å². The first kappa shape index (κ1) is 10.7. The first-order chi connectivity index (χ1) is 7.40. The maximum Gasteiger partial charge on any atom is 0.0622 e. The summed E-state index contributed by atoms with van der Waals surface area (Å²) in [7, 11) is 0. The van der Waals surface area contributed by atoms with Crippen molar-refractivity contribution in [1.82, 2.24) is 4.90 Å². The van der Waals surface area contributed by atoms with Crippen LogP contribution in [0.3, 0.4) is 0 Å². The summed E-state index contributed by atoms with van der Waals surface area (Å²) in [5.41, 5.74) is 0. The van der Waals surface area contributed by atoms with Gasteiger partial charge in [-0.2, -0.15) is 5.26 Å². The standard InChI is InChI=1S/C12H16N2S/c13-7-1-2-8-14(11-5-6-11)10-12-4-3-9-15-12/h3-4,9,11H,1-2,5-6,8,10H2. The zero-order valence-corrected chi connectivity index (χ0v) is 9.67. The minimum absolute atomic E-state index is 0.688. The van der Waals surface area contributed by atoms with Gasteiger partial charge in [-0.15, -0.1) is 11.3 Å². The van der Waals surface area contributed by atoms with Crippen LogP contribution < -0.4 is 0 Å². The second-order valence-electron chi connectivity index (χ2n) is 4.04. The van der Waals surface area contributed by atoms with E-state index in [0.29, 0.717) is 6.42 Å². The average Bonchev–Trinajstić information content (AvgIpc) is 2.97. The Kier molecular flexibility index (Phi) is 3.76. The summed E-state index contributed by atoms with van der Waals surface area (Å²) >= 11 is 1.83. The Morgan fingerprint density at radius 3 is 3.00 bits per heavy atom. The van der Waals surface area contributed by atoms with Crippen molar-refractivity contribution in [2.24, 2.45) is 0 Å². The Balaban J connectivity index is 1.81. The van der Waals surface area contributed by atoms with Gasteiger partial charge in [0.15, 0.2) is 0 Å². The molecule has 1 heterocycles. The highest BCUT2D eigenvalue weighted by molar-refractivity contribution is 7.09. The summed E-state index contributed by atoms with van der Waals surface area (Å²) in [4.78, 5) is 3.97. The van der Waals surface area contributed by atoms with E-state index >= 15 is 0 Å². The molecule has 0 unspecified atom stereocenters. The minimum Gasteiger partial charge on any atom is -0.295 e. The molecule has 0 aliphatic heterocycles. The Morgan fingerprint density at radius 1 is 1.53 bits per heavy atom. The molecular formula is C12H16N2S. The van der Waals surface area contributed by atoms with Crippen molar-refractivity contribution in [3.05, 3.63) is 22.4 Å². The van der Waals surface area contributed by atoms with Crippen LogP contribution in [0.25, 0.3) is 0 Å². The van der Waals surface area contributed by atoms with Gasteiger partial charge in [0.2, 0.25) is 0 Å². The minimum atomic E-state index is 0.688. The zero-order valence-electron chi connectivity index (χ0n) is 8.85.